The average Bonchev–Trinajstić information content (AvgIpc) is 2.35. The first-order chi connectivity index (χ1) is 10.9. The Morgan fingerprint density at radius 3 is 2.12 bits per heavy atom. The van der Waals surface area contributed by atoms with Crippen LogP contribution in [0.25, 0.3) is 10.8 Å². The summed E-state index contributed by atoms with van der Waals surface area (Å²) in [7, 11) is -14.5. The standard InChI is InChI=1S/C12H16NO8P3/c1-9-5-3-7-11-10(9)6-4-8-12(11)13-23(16,17)21-24(18,19)20-22(2,14)15/h3-8H,1-2H3,(H,14,15)(H,18,19)(H2,13,16,17). The van der Waals surface area contributed by atoms with Crippen molar-refractivity contribution in [3.63, 3.8) is 0 Å². The summed E-state index contributed by atoms with van der Waals surface area (Å²) in [6.07, 6.45) is 0. The normalized spacial score (nSPS) is 19.2. The molecule has 24 heavy (non-hydrogen) atoms. The Morgan fingerprint density at radius 1 is 0.917 bits per heavy atom. The van der Waals surface area contributed by atoms with E-state index in [0.29, 0.717) is 12.1 Å². The van der Waals surface area contributed by atoms with Crippen molar-refractivity contribution in [3.8, 4) is 0 Å². The molecule has 0 fully saturated rings. The van der Waals surface area contributed by atoms with E-state index in [0.717, 1.165) is 10.9 Å². The summed E-state index contributed by atoms with van der Waals surface area (Å²) >= 11 is 0. The second-order valence-corrected chi connectivity index (χ2v) is 10.2. The first-order valence-corrected chi connectivity index (χ1v) is 11.6. The van der Waals surface area contributed by atoms with Crippen molar-refractivity contribution < 1.29 is 37.0 Å². The van der Waals surface area contributed by atoms with Gasteiger partial charge in [0.2, 0.25) is 0 Å². The molecule has 0 aliphatic carbocycles. The molecule has 0 aliphatic heterocycles. The molecule has 2 aromatic rings. The van der Waals surface area contributed by atoms with E-state index in [1.165, 1.54) is 6.07 Å². The Morgan fingerprint density at radius 2 is 1.50 bits per heavy atom. The van der Waals surface area contributed by atoms with Gasteiger partial charge in [-0.15, -0.1) is 0 Å². The highest BCUT2D eigenvalue weighted by atomic mass is 31.3. The second-order valence-electron chi connectivity index (χ2n) is 5.04. The van der Waals surface area contributed by atoms with Crippen molar-refractivity contribution in [1.82, 2.24) is 0 Å². The predicted molar refractivity (Wildman–Crippen MR) is 89.9 cm³/mol. The minimum atomic E-state index is -5.23. The first kappa shape index (κ1) is 19.3. The molecular formula is C12H16NO8P3. The van der Waals surface area contributed by atoms with Gasteiger partial charge in [0.15, 0.2) is 0 Å². The van der Waals surface area contributed by atoms with Crippen molar-refractivity contribution in [3.05, 3.63) is 42.0 Å². The third-order valence-corrected chi connectivity index (χ3v) is 7.14. The summed E-state index contributed by atoms with van der Waals surface area (Å²) in [6, 6.07) is 10.2. The van der Waals surface area contributed by atoms with Crippen molar-refractivity contribution in [2.24, 2.45) is 0 Å². The van der Waals surface area contributed by atoms with E-state index < -0.39 is 23.2 Å². The van der Waals surface area contributed by atoms with Gasteiger partial charge in [-0.05, 0) is 23.9 Å². The molecule has 0 aromatic heterocycles. The van der Waals surface area contributed by atoms with Crippen molar-refractivity contribution in [1.29, 1.82) is 0 Å². The first-order valence-electron chi connectivity index (χ1n) is 6.54. The quantitative estimate of drug-likeness (QED) is 0.540. The van der Waals surface area contributed by atoms with Crippen LogP contribution in [0.1, 0.15) is 5.56 Å². The summed E-state index contributed by atoms with van der Waals surface area (Å²) in [6.45, 7) is 2.50. The van der Waals surface area contributed by atoms with Crippen LogP contribution in [0.3, 0.4) is 0 Å². The zero-order valence-electron chi connectivity index (χ0n) is 12.7. The molecule has 2 rings (SSSR count). The number of phosphoric acid groups is 1. The van der Waals surface area contributed by atoms with Gasteiger partial charge in [0.1, 0.15) is 0 Å². The fraction of sp³-hybridized carbons (Fsp3) is 0.167. The van der Waals surface area contributed by atoms with E-state index in [-0.39, 0.29) is 5.69 Å². The van der Waals surface area contributed by atoms with Gasteiger partial charge in [-0.25, -0.2) is 13.4 Å². The summed E-state index contributed by atoms with van der Waals surface area (Å²) in [5.41, 5.74) is 1.11. The summed E-state index contributed by atoms with van der Waals surface area (Å²) in [5, 5.41) is 3.53. The smallest absolute Gasteiger partial charge is 0.324 e. The second kappa shape index (κ2) is 6.71. The fourth-order valence-electron chi connectivity index (χ4n) is 2.08. The van der Waals surface area contributed by atoms with Crippen LogP contribution in [-0.4, -0.2) is 21.3 Å². The number of benzene rings is 2. The summed E-state index contributed by atoms with van der Waals surface area (Å²) in [5.74, 6) is 0. The molecule has 0 amide bonds. The van der Waals surface area contributed by atoms with Crippen molar-refractivity contribution in [2.75, 3.05) is 11.8 Å². The molecule has 0 radical (unpaired) electrons. The Labute approximate surface area is 138 Å². The van der Waals surface area contributed by atoms with E-state index >= 15 is 0 Å². The Kier molecular flexibility index (Phi) is 5.40. The number of anilines is 1. The van der Waals surface area contributed by atoms with Gasteiger partial charge in [0, 0.05) is 12.1 Å². The maximum absolute atomic E-state index is 12.1. The van der Waals surface area contributed by atoms with Crippen LogP contribution in [0.15, 0.2) is 36.4 Å². The Bertz CT molecular complexity index is 908. The highest BCUT2D eigenvalue weighted by molar-refractivity contribution is 7.69. The molecule has 0 bridgehead atoms. The van der Waals surface area contributed by atoms with Gasteiger partial charge in [0.25, 0.3) is 0 Å². The molecule has 0 saturated heterocycles. The molecular weight excluding hydrogens is 379 g/mol. The van der Waals surface area contributed by atoms with Gasteiger partial charge in [-0.3, -0.25) is 9.65 Å². The minimum Gasteiger partial charge on any atom is -0.324 e. The van der Waals surface area contributed by atoms with E-state index in [1.54, 1.807) is 24.3 Å². The lowest BCUT2D eigenvalue weighted by atomic mass is 10.0. The van der Waals surface area contributed by atoms with Crippen molar-refractivity contribution >= 4 is 39.6 Å². The van der Waals surface area contributed by atoms with Crippen LogP contribution in [0.4, 0.5) is 5.69 Å². The minimum absolute atomic E-state index is 0.186. The summed E-state index contributed by atoms with van der Waals surface area (Å²) in [4.78, 5) is 28.0. The van der Waals surface area contributed by atoms with Crippen LogP contribution >= 0.6 is 23.2 Å². The number of nitrogens with one attached hydrogen (secondary N) is 1. The SMILES string of the molecule is Cc1cccc2c(NP(=O)(O)OP(=O)(O)OP(C)(=O)O)cccc12. The molecule has 12 heteroatoms. The zero-order valence-corrected chi connectivity index (χ0v) is 15.4. The molecule has 132 valence electrons. The van der Waals surface area contributed by atoms with Gasteiger partial charge >= 0.3 is 23.2 Å². The van der Waals surface area contributed by atoms with Crippen LogP contribution in [0.5, 0.6) is 0 Å². The van der Waals surface area contributed by atoms with E-state index in [4.69, 9.17) is 4.89 Å². The highest BCUT2D eigenvalue weighted by Gasteiger charge is 2.38. The lowest BCUT2D eigenvalue weighted by molar-refractivity contribution is 0.259. The average molecular weight is 395 g/mol. The van der Waals surface area contributed by atoms with Crippen LogP contribution in [0.2, 0.25) is 0 Å². The van der Waals surface area contributed by atoms with E-state index in [9.17, 15) is 23.5 Å². The monoisotopic (exact) mass is 395 g/mol. The Balaban J connectivity index is 2.30. The molecule has 0 aliphatic rings. The Hall–Kier alpha value is -1.01. The number of fused-ring (bicyclic) bond motifs is 1. The zero-order chi connectivity index (χ0) is 18.2. The highest BCUT2D eigenvalue weighted by Crippen LogP contribution is 2.65. The van der Waals surface area contributed by atoms with E-state index in [2.05, 4.69) is 13.7 Å². The third-order valence-electron chi connectivity index (χ3n) is 2.87. The van der Waals surface area contributed by atoms with Crippen molar-refractivity contribution in [2.45, 2.75) is 6.92 Å². The molecule has 3 unspecified atom stereocenters. The maximum Gasteiger partial charge on any atom is 0.488 e. The molecule has 0 saturated carbocycles. The molecule has 2 aromatic carbocycles. The summed E-state index contributed by atoms with van der Waals surface area (Å²) < 4.78 is 42.7. The number of aryl methyl sites for hydroxylation is 1. The van der Waals surface area contributed by atoms with Crippen LogP contribution in [0, 0.1) is 6.92 Å². The lowest BCUT2D eigenvalue weighted by Crippen LogP contribution is -2.01. The number of rotatable bonds is 6. The number of hydrogen-bond acceptors (Lipinski definition) is 5. The largest absolute Gasteiger partial charge is 0.488 e. The van der Waals surface area contributed by atoms with Gasteiger partial charge < -0.3 is 14.7 Å². The third kappa shape index (κ3) is 5.24. The van der Waals surface area contributed by atoms with Crippen LogP contribution in [-0.2, 0) is 22.3 Å². The van der Waals surface area contributed by atoms with E-state index in [1.807, 2.05) is 13.0 Å². The molecule has 0 spiro atoms. The van der Waals surface area contributed by atoms with Gasteiger partial charge in [-0.2, -0.15) is 4.31 Å². The topological polar surface area (TPSA) is 142 Å². The fourth-order valence-corrected chi connectivity index (χ4v) is 5.78. The number of hydrogen-bond donors (Lipinski definition) is 4. The molecule has 9 nitrogen and oxygen atoms in total. The molecule has 0 heterocycles. The molecule has 3 atom stereocenters. The molecule has 4 N–H and O–H groups in total. The predicted octanol–water partition coefficient (Wildman–Crippen LogP) is 3.61. The van der Waals surface area contributed by atoms with Gasteiger partial charge in [0.05, 0.1) is 5.69 Å². The maximum atomic E-state index is 12.1. The van der Waals surface area contributed by atoms with Crippen LogP contribution < -0.4 is 5.09 Å². The van der Waals surface area contributed by atoms with Gasteiger partial charge in [-0.1, -0.05) is 30.3 Å². The lowest BCUT2D eigenvalue weighted by Gasteiger charge is -2.19.